The number of rotatable bonds is 0. The molecule has 7 nitrogen and oxygen atoms in total. The van der Waals surface area contributed by atoms with Crippen LogP contribution in [0.25, 0.3) is 0 Å². The highest BCUT2D eigenvalue weighted by atomic mass is 16.5. The number of Topliss-reactive ketones (excluding diaryl/α,β-unsaturated/α-hetero) is 2. The zero-order valence-corrected chi connectivity index (χ0v) is 15.2. The summed E-state index contributed by atoms with van der Waals surface area (Å²) in [6.07, 6.45) is 0. The molecule has 7 heteroatoms. The van der Waals surface area contributed by atoms with Gasteiger partial charge in [0.05, 0.1) is 5.57 Å². The average Bonchev–Trinajstić information content (AvgIpc) is 2.98. The first-order chi connectivity index (χ1) is 13.9. The molecule has 3 aliphatic rings. The summed E-state index contributed by atoms with van der Waals surface area (Å²) in [5.41, 5.74) is 5.77. The molecule has 0 aromatic heterocycles. The first-order valence-electron chi connectivity index (χ1n) is 8.85. The first-order valence-corrected chi connectivity index (χ1v) is 8.85. The summed E-state index contributed by atoms with van der Waals surface area (Å²) in [6, 6.07) is 13.5. The molecule has 3 N–H and O–H groups in total. The van der Waals surface area contributed by atoms with Crippen molar-refractivity contribution in [3.63, 3.8) is 0 Å². The van der Waals surface area contributed by atoms with E-state index in [1.165, 1.54) is 12.1 Å². The third-order valence-corrected chi connectivity index (χ3v) is 5.56. The molecule has 1 atom stereocenters. The minimum absolute atomic E-state index is 0.158. The lowest BCUT2D eigenvalue weighted by Gasteiger charge is -2.36. The summed E-state index contributed by atoms with van der Waals surface area (Å²) in [5.74, 6) is -2.39. The molecule has 1 aliphatic carbocycles. The standard InChI is InChI=1S/C22H13N3O4/c1-10-6-7-15-13(8-10)22(21(28)25-15)14(9-23)20(24)29-19-16(22)17(26)11-4-2-3-5-12(11)18(19)27/h2-8H,24H2,1H3,(H,25,28)/t22-/m0/s1. The van der Waals surface area contributed by atoms with Gasteiger partial charge in [0.2, 0.25) is 17.6 Å². The van der Waals surface area contributed by atoms with Crippen molar-refractivity contribution < 1.29 is 19.1 Å². The summed E-state index contributed by atoms with van der Waals surface area (Å²) in [4.78, 5) is 40.0. The molecule has 0 radical (unpaired) electrons. The molecule has 0 fully saturated rings. The number of nitrogens with two attached hydrogens (primary N) is 1. The van der Waals surface area contributed by atoms with Crippen molar-refractivity contribution in [1.29, 1.82) is 5.26 Å². The predicted octanol–water partition coefficient (Wildman–Crippen LogP) is 2.24. The van der Waals surface area contributed by atoms with Crippen molar-refractivity contribution in [2.75, 3.05) is 5.32 Å². The number of carbonyl (C=O) groups excluding carboxylic acids is 3. The Labute approximate surface area is 165 Å². The maximum absolute atomic E-state index is 13.5. The van der Waals surface area contributed by atoms with Crippen LogP contribution in [-0.4, -0.2) is 17.5 Å². The van der Waals surface area contributed by atoms with Crippen LogP contribution in [0, 0.1) is 18.3 Å². The Hall–Kier alpha value is -4.18. The number of amides is 1. The van der Waals surface area contributed by atoms with Crippen LogP contribution in [0.2, 0.25) is 0 Å². The van der Waals surface area contributed by atoms with Gasteiger partial charge in [-0.1, -0.05) is 42.0 Å². The maximum Gasteiger partial charge on any atom is 0.245 e. The average molecular weight is 383 g/mol. The Balaban J connectivity index is 1.93. The number of hydrogen-bond donors (Lipinski definition) is 2. The number of ketones is 2. The number of aryl methyl sites for hydroxylation is 1. The number of carbonyl (C=O) groups is 3. The van der Waals surface area contributed by atoms with Gasteiger partial charge in [0, 0.05) is 22.4 Å². The molecule has 0 saturated carbocycles. The Bertz CT molecular complexity index is 1300. The molecule has 0 unspecified atom stereocenters. The van der Waals surface area contributed by atoms with E-state index in [-0.39, 0.29) is 33.9 Å². The van der Waals surface area contributed by atoms with Crippen molar-refractivity contribution >= 4 is 23.2 Å². The Morgan fingerprint density at radius 1 is 1.07 bits per heavy atom. The summed E-state index contributed by atoms with van der Waals surface area (Å²) in [7, 11) is 0. The molecule has 1 spiro atoms. The Morgan fingerprint density at radius 2 is 1.76 bits per heavy atom. The number of nitriles is 1. The number of allylic oxidation sites excluding steroid dienone is 1. The molecular weight excluding hydrogens is 370 g/mol. The van der Waals surface area contributed by atoms with Crippen LogP contribution >= 0.6 is 0 Å². The van der Waals surface area contributed by atoms with Gasteiger partial charge in [-0.15, -0.1) is 0 Å². The van der Waals surface area contributed by atoms with Crippen molar-refractivity contribution in [1.82, 2.24) is 0 Å². The number of nitrogens with one attached hydrogen (secondary N) is 1. The number of anilines is 1. The van der Waals surface area contributed by atoms with Gasteiger partial charge in [0.25, 0.3) is 0 Å². The fraction of sp³-hybridized carbons (Fsp3) is 0.0909. The molecule has 0 bridgehead atoms. The van der Waals surface area contributed by atoms with Crippen molar-refractivity contribution in [3.05, 3.63) is 87.5 Å². The fourth-order valence-corrected chi connectivity index (χ4v) is 4.31. The number of nitrogens with zero attached hydrogens (tertiary/aromatic N) is 1. The minimum atomic E-state index is -1.84. The van der Waals surface area contributed by atoms with E-state index in [9.17, 15) is 19.6 Å². The summed E-state index contributed by atoms with van der Waals surface area (Å²) < 4.78 is 5.48. The normalized spacial score (nSPS) is 22.0. The van der Waals surface area contributed by atoms with E-state index in [0.29, 0.717) is 11.3 Å². The fourth-order valence-electron chi connectivity index (χ4n) is 4.31. The Kier molecular flexibility index (Phi) is 3.17. The zero-order valence-electron chi connectivity index (χ0n) is 15.2. The molecule has 140 valence electrons. The van der Waals surface area contributed by atoms with Gasteiger partial charge in [-0.25, -0.2) is 0 Å². The Morgan fingerprint density at radius 3 is 2.45 bits per heavy atom. The third kappa shape index (κ3) is 1.87. The molecule has 0 saturated heterocycles. The highest BCUT2D eigenvalue weighted by Crippen LogP contribution is 2.54. The predicted molar refractivity (Wildman–Crippen MR) is 102 cm³/mol. The van der Waals surface area contributed by atoms with E-state index >= 15 is 0 Å². The smallest absolute Gasteiger partial charge is 0.245 e. The van der Waals surface area contributed by atoms with Crippen LogP contribution in [0.15, 0.2) is 65.3 Å². The largest absolute Gasteiger partial charge is 0.436 e. The van der Waals surface area contributed by atoms with E-state index < -0.39 is 22.9 Å². The second-order valence-electron chi connectivity index (χ2n) is 7.11. The van der Waals surface area contributed by atoms with Crippen LogP contribution in [0.4, 0.5) is 5.69 Å². The molecule has 2 aromatic rings. The lowest BCUT2D eigenvalue weighted by molar-refractivity contribution is -0.118. The minimum Gasteiger partial charge on any atom is -0.436 e. The van der Waals surface area contributed by atoms with Crippen molar-refractivity contribution in [3.8, 4) is 6.07 Å². The molecule has 29 heavy (non-hydrogen) atoms. The second-order valence-corrected chi connectivity index (χ2v) is 7.11. The summed E-state index contributed by atoms with van der Waals surface area (Å²) in [5, 5.41) is 12.6. The highest BCUT2D eigenvalue weighted by Gasteiger charge is 2.61. The number of ether oxygens (including phenoxy) is 1. The lowest BCUT2D eigenvalue weighted by atomic mass is 9.64. The van der Waals surface area contributed by atoms with Gasteiger partial charge in [-0.2, -0.15) is 5.26 Å². The number of benzene rings is 2. The molecule has 2 heterocycles. The summed E-state index contributed by atoms with van der Waals surface area (Å²) >= 11 is 0. The van der Waals surface area contributed by atoms with Crippen LogP contribution in [0.5, 0.6) is 0 Å². The second kappa shape index (κ2) is 5.42. The molecular formula is C22H13N3O4. The van der Waals surface area contributed by atoms with Crippen LogP contribution in [-0.2, 0) is 14.9 Å². The van der Waals surface area contributed by atoms with Crippen LogP contribution in [0.1, 0.15) is 31.8 Å². The van der Waals surface area contributed by atoms with Gasteiger partial charge in [0.1, 0.15) is 17.1 Å². The van der Waals surface area contributed by atoms with Gasteiger partial charge >= 0.3 is 0 Å². The van der Waals surface area contributed by atoms with Gasteiger partial charge in [-0.3, -0.25) is 14.4 Å². The monoisotopic (exact) mass is 383 g/mol. The van der Waals surface area contributed by atoms with E-state index in [2.05, 4.69) is 5.32 Å². The van der Waals surface area contributed by atoms with E-state index in [1.807, 2.05) is 13.0 Å². The number of fused-ring (bicyclic) bond motifs is 4. The molecule has 2 aliphatic heterocycles. The van der Waals surface area contributed by atoms with Gasteiger partial charge in [-0.05, 0) is 13.0 Å². The molecule has 1 amide bonds. The van der Waals surface area contributed by atoms with Crippen LogP contribution < -0.4 is 11.1 Å². The number of hydrogen-bond acceptors (Lipinski definition) is 6. The molecule has 5 rings (SSSR count). The topological polar surface area (TPSA) is 122 Å². The van der Waals surface area contributed by atoms with Crippen LogP contribution in [0.3, 0.4) is 0 Å². The highest BCUT2D eigenvalue weighted by molar-refractivity contribution is 6.31. The van der Waals surface area contributed by atoms with Gasteiger partial charge < -0.3 is 15.8 Å². The van der Waals surface area contributed by atoms with E-state index in [4.69, 9.17) is 10.5 Å². The maximum atomic E-state index is 13.5. The van der Waals surface area contributed by atoms with E-state index in [1.54, 1.807) is 30.3 Å². The van der Waals surface area contributed by atoms with Crippen molar-refractivity contribution in [2.24, 2.45) is 5.73 Å². The zero-order chi connectivity index (χ0) is 20.5. The van der Waals surface area contributed by atoms with E-state index in [0.717, 1.165) is 5.56 Å². The quantitative estimate of drug-likeness (QED) is 0.719. The summed E-state index contributed by atoms with van der Waals surface area (Å²) in [6.45, 7) is 1.83. The third-order valence-electron chi connectivity index (χ3n) is 5.56. The SMILES string of the molecule is Cc1ccc2c(c1)[C@]1(C(=O)N2)C(C#N)=C(N)OC2=C1C(=O)c1ccccc1C2=O. The van der Waals surface area contributed by atoms with Crippen molar-refractivity contribution in [2.45, 2.75) is 12.3 Å². The van der Waals surface area contributed by atoms with Gasteiger partial charge in [0.15, 0.2) is 11.5 Å². The molecule has 2 aromatic carbocycles. The first kappa shape index (κ1) is 17.0. The lowest BCUT2D eigenvalue weighted by Crippen LogP contribution is -2.48.